The molecular formula is C14H20ClN3O5. The standard InChI is InChI=1S/C14H19N3O5.ClH/c1-21-12-5-10(11(17(19)20)6-13(12)22-2)14(18)16-8-9-3-4-15-7-9;/h5-6,9,15H,3-4,7-8H2,1-2H3,(H,16,18);1H. The summed E-state index contributed by atoms with van der Waals surface area (Å²) in [5, 5.41) is 17.1. The van der Waals surface area contributed by atoms with Crippen molar-refractivity contribution in [3.8, 4) is 11.5 Å². The Morgan fingerprint density at radius 1 is 1.39 bits per heavy atom. The zero-order valence-corrected chi connectivity index (χ0v) is 13.8. The van der Waals surface area contributed by atoms with Gasteiger partial charge in [0.25, 0.3) is 11.6 Å². The number of nitrogens with one attached hydrogen (secondary N) is 2. The van der Waals surface area contributed by atoms with Gasteiger partial charge in [0, 0.05) is 12.6 Å². The van der Waals surface area contributed by atoms with Crippen LogP contribution in [-0.2, 0) is 0 Å². The number of nitro groups is 1. The molecule has 23 heavy (non-hydrogen) atoms. The summed E-state index contributed by atoms with van der Waals surface area (Å²) >= 11 is 0. The lowest BCUT2D eigenvalue weighted by Crippen LogP contribution is -2.30. The average Bonchev–Trinajstić information content (AvgIpc) is 3.04. The Morgan fingerprint density at radius 3 is 2.57 bits per heavy atom. The van der Waals surface area contributed by atoms with Gasteiger partial charge in [-0.25, -0.2) is 0 Å². The highest BCUT2D eigenvalue weighted by atomic mass is 35.5. The Bertz CT molecular complexity index is 576. The molecule has 1 fully saturated rings. The Balaban J connectivity index is 0.00000264. The smallest absolute Gasteiger partial charge is 0.286 e. The van der Waals surface area contributed by atoms with Crippen LogP contribution in [0.25, 0.3) is 0 Å². The van der Waals surface area contributed by atoms with Crippen LogP contribution in [0.15, 0.2) is 12.1 Å². The van der Waals surface area contributed by atoms with Crippen LogP contribution < -0.4 is 20.1 Å². The van der Waals surface area contributed by atoms with Gasteiger partial charge in [-0.05, 0) is 25.4 Å². The van der Waals surface area contributed by atoms with Gasteiger partial charge in [0.2, 0.25) is 0 Å². The number of nitro benzene ring substituents is 1. The second kappa shape index (κ2) is 8.54. The lowest BCUT2D eigenvalue weighted by molar-refractivity contribution is -0.385. The summed E-state index contributed by atoms with van der Waals surface area (Å²) in [6.07, 6.45) is 0.980. The van der Waals surface area contributed by atoms with E-state index in [9.17, 15) is 14.9 Å². The predicted octanol–water partition coefficient (Wildman–Crippen LogP) is 1.37. The monoisotopic (exact) mass is 345 g/mol. The van der Waals surface area contributed by atoms with Gasteiger partial charge in [-0.1, -0.05) is 0 Å². The number of halogens is 1. The van der Waals surface area contributed by atoms with E-state index in [0.29, 0.717) is 12.5 Å². The number of carbonyl (C=O) groups is 1. The van der Waals surface area contributed by atoms with Crippen molar-refractivity contribution in [3.05, 3.63) is 27.8 Å². The Labute approximate surface area is 140 Å². The van der Waals surface area contributed by atoms with E-state index in [-0.39, 0.29) is 35.2 Å². The van der Waals surface area contributed by atoms with Crippen LogP contribution in [-0.4, -0.2) is 44.7 Å². The number of nitrogens with zero attached hydrogens (tertiary/aromatic N) is 1. The molecular weight excluding hydrogens is 326 g/mol. The SMILES string of the molecule is COc1cc(C(=O)NCC2CCNC2)c([N+](=O)[O-])cc1OC.Cl. The molecule has 128 valence electrons. The quantitative estimate of drug-likeness (QED) is 0.596. The molecule has 0 aromatic heterocycles. The maximum atomic E-state index is 12.3. The van der Waals surface area contributed by atoms with Gasteiger partial charge >= 0.3 is 0 Å². The molecule has 2 N–H and O–H groups in total. The topological polar surface area (TPSA) is 103 Å². The second-order valence-corrected chi connectivity index (χ2v) is 5.05. The van der Waals surface area contributed by atoms with Gasteiger partial charge in [0.1, 0.15) is 5.56 Å². The summed E-state index contributed by atoms with van der Waals surface area (Å²) < 4.78 is 10.1. The van der Waals surface area contributed by atoms with E-state index in [0.717, 1.165) is 19.5 Å². The summed E-state index contributed by atoms with van der Waals surface area (Å²) in [5.41, 5.74) is -0.340. The lowest BCUT2D eigenvalue weighted by atomic mass is 10.1. The van der Waals surface area contributed by atoms with Crippen molar-refractivity contribution < 1.29 is 19.2 Å². The third-order valence-corrected chi connectivity index (χ3v) is 3.66. The molecule has 2 rings (SSSR count). The minimum absolute atomic E-state index is 0. The lowest BCUT2D eigenvalue weighted by Gasteiger charge is -2.12. The summed E-state index contributed by atoms with van der Waals surface area (Å²) in [4.78, 5) is 22.8. The van der Waals surface area contributed by atoms with Crippen molar-refractivity contribution >= 4 is 24.0 Å². The van der Waals surface area contributed by atoms with E-state index >= 15 is 0 Å². The predicted molar refractivity (Wildman–Crippen MR) is 86.8 cm³/mol. The molecule has 1 saturated heterocycles. The number of hydrogen-bond acceptors (Lipinski definition) is 6. The summed E-state index contributed by atoms with van der Waals surface area (Å²) in [6.45, 7) is 2.25. The van der Waals surface area contributed by atoms with Gasteiger partial charge in [0.15, 0.2) is 11.5 Å². The van der Waals surface area contributed by atoms with E-state index in [1.54, 1.807) is 0 Å². The molecule has 0 radical (unpaired) electrons. The maximum absolute atomic E-state index is 12.3. The zero-order chi connectivity index (χ0) is 16.1. The first-order valence-corrected chi connectivity index (χ1v) is 6.96. The molecule has 1 heterocycles. The van der Waals surface area contributed by atoms with Gasteiger partial charge < -0.3 is 20.1 Å². The largest absolute Gasteiger partial charge is 0.493 e. The van der Waals surface area contributed by atoms with Crippen molar-refractivity contribution in [1.82, 2.24) is 10.6 Å². The van der Waals surface area contributed by atoms with Crippen molar-refractivity contribution in [2.75, 3.05) is 33.9 Å². The van der Waals surface area contributed by atoms with E-state index in [2.05, 4.69) is 10.6 Å². The van der Waals surface area contributed by atoms with Gasteiger partial charge in [-0.3, -0.25) is 14.9 Å². The van der Waals surface area contributed by atoms with Crippen molar-refractivity contribution in [2.24, 2.45) is 5.92 Å². The van der Waals surface area contributed by atoms with Crippen LogP contribution in [0, 0.1) is 16.0 Å². The molecule has 8 nitrogen and oxygen atoms in total. The molecule has 1 amide bonds. The maximum Gasteiger partial charge on any atom is 0.286 e. The van der Waals surface area contributed by atoms with E-state index in [1.807, 2.05) is 0 Å². The molecule has 1 atom stereocenters. The zero-order valence-electron chi connectivity index (χ0n) is 13.0. The number of ether oxygens (including phenoxy) is 2. The first-order chi connectivity index (χ1) is 10.6. The molecule has 1 unspecified atom stereocenters. The van der Waals surface area contributed by atoms with Crippen LogP contribution in [0.5, 0.6) is 11.5 Å². The first-order valence-electron chi connectivity index (χ1n) is 6.96. The number of hydrogen-bond donors (Lipinski definition) is 2. The highest BCUT2D eigenvalue weighted by molar-refractivity contribution is 5.99. The van der Waals surface area contributed by atoms with E-state index in [1.165, 1.54) is 26.4 Å². The Hall–Kier alpha value is -2.06. The molecule has 9 heteroatoms. The highest BCUT2D eigenvalue weighted by Gasteiger charge is 2.25. The van der Waals surface area contributed by atoms with Gasteiger partial charge in [-0.15, -0.1) is 12.4 Å². The minimum atomic E-state index is -0.603. The van der Waals surface area contributed by atoms with Gasteiger partial charge in [-0.2, -0.15) is 0 Å². The molecule has 0 bridgehead atoms. The number of carbonyl (C=O) groups excluding carboxylic acids is 1. The minimum Gasteiger partial charge on any atom is -0.493 e. The molecule has 1 aromatic carbocycles. The van der Waals surface area contributed by atoms with Crippen molar-refractivity contribution in [1.29, 1.82) is 0 Å². The number of amides is 1. The van der Waals surface area contributed by atoms with Crippen LogP contribution in [0.4, 0.5) is 5.69 Å². The number of rotatable bonds is 6. The van der Waals surface area contributed by atoms with Gasteiger partial charge in [0.05, 0.1) is 25.2 Å². The van der Waals surface area contributed by atoms with Crippen LogP contribution in [0.1, 0.15) is 16.8 Å². The van der Waals surface area contributed by atoms with Crippen molar-refractivity contribution in [3.63, 3.8) is 0 Å². The number of benzene rings is 1. The fraction of sp³-hybridized carbons (Fsp3) is 0.500. The van der Waals surface area contributed by atoms with Crippen LogP contribution in [0.2, 0.25) is 0 Å². The highest BCUT2D eigenvalue weighted by Crippen LogP contribution is 2.34. The normalized spacial score (nSPS) is 16.3. The fourth-order valence-electron chi connectivity index (χ4n) is 2.42. The number of methoxy groups -OCH3 is 2. The fourth-order valence-corrected chi connectivity index (χ4v) is 2.42. The van der Waals surface area contributed by atoms with Crippen molar-refractivity contribution in [2.45, 2.75) is 6.42 Å². The molecule has 1 aliphatic rings. The molecule has 0 spiro atoms. The molecule has 1 aromatic rings. The third kappa shape index (κ3) is 4.46. The Morgan fingerprint density at radius 2 is 2.04 bits per heavy atom. The summed E-state index contributed by atoms with van der Waals surface area (Å²) in [7, 11) is 2.80. The first kappa shape index (κ1) is 19.0. The molecule has 0 saturated carbocycles. The third-order valence-electron chi connectivity index (χ3n) is 3.66. The second-order valence-electron chi connectivity index (χ2n) is 5.05. The Kier molecular flexibility index (Phi) is 7.05. The van der Waals surface area contributed by atoms with E-state index in [4.69, 9.17) is 9.47 Å². The summed E-state index contributed by atoms with van der Waals surface area (Å²) in [5.74, 6) is 0.356. The average molecular weight is 346 g/mol. The summed E-state index contributed by atoms with van der Waals surface area (Å²) in [6, 6.07) is 2.53. The molecule has 1 aliphatic heterocycles. The van der Waals surface area contributed by atoms with Crippen LogP contribution >= 0.6 is 12.4 Å². The van der Waals surface area contributed by atoms with Crippen LogP contribution in [0.3, 0.4) is 0 Å². The van der Waals surface area contributed by atoms with E-state index < -0.39 is 10.8 Å². The molecule has 0 aliphatic carbocycles.